The first-order chi connectivity index (χ1) is 11.6. The van der Waals surface area contributed by atoms with Gasteiger partial charge in [0.15, 0.2) is 5.69 Å². The van der Waals surface area contributed by atoms with Crippen LogP contribution in [0.5, 0.6) is 0 Å². The Labute approximate surface area is 160 Å². The smallest absolute Gasteiger partial charge is 0.424 e. The summed E-state index contributed by atoms with van der Waals surface area (Å²) in [6.07, 6.45) is -2.14. The van der Waals surface area contributed by atoms with Crippen molar-refractivity contribution in [1.29, 1.82) is 0 Å². The molecule has 0 spiro atoms. The zero-order chi connectivity index (χ0) is 20.4. The lowest BCUT2D eigenvalue weighted by atomic mass is 10.1. The van der Waals surface area contributed by atoms with Crippen LogP contribution in [-0.4, -0.2) is 28.3 Å². The van der Waals surface area contributed by atoms with Crippen molar-refractivity contribution in [3.8, 4) is 0 Å². The van der Waals surface area contributed by atoms with Crippen molar-refractivity contribution in [2.45, 2.75) is 59.7 Å². The van der Waals surface area contributed by atoms with Crippen molar-refractivity contribution in [1.82, 2.24) is 0 Å². The average molecular weight is 431 g/mol. The van der Waals surface area contributed by atoms with E-state index in [0.717, 1.165) is 0 Å². The third kappa shape index (κ3) is 5.98. The zero-order valence-electron chi connectivity index (χ0n) is 15.9. The summed E-state index contributed by atoms with van der Waals surface area (Å²) in [5.74, 6) is 0. The lowest BCUT2D eigenvalue weighted by Crippen LogP contribution is -2.44. The third-order valence-corrected chi connectivity index (χ3v) is 3.36. The largest absolute Gasteiger partial charge is 0.443 e. The van der Waals surface area contributed by atoms with E-state index >= 15 is 0 Å². The van der Waals surface area contributed by atoms with Crippen molar-refractivity contribution in [2.75, 3.05) is 4.90 Å². The zero-order valence-corrected chi connectivity index (χ0v) is 17.5. The minimum atomic E-state index is -1.07. The predicted molar refractivity (Wildman–Crippen MR) is 100 cm³/mol. The molecule has 144 valence electrons. The van der Waals surface area contributed by atoms with Crippen molar-refractivity contribution in [3.05, 3.63) is 32.3 Å². The second-order valence-electron chi connectivity index (χ2n) is 7.67. The van der Waals surface area contributed by atoms with Gasteiger partial charge in [0.05, 0.1) is 4.92 Å². The number of benzene rings is 1. The monoisotopic (exact) mass is 430 g/mol. The molecular weight excluding hydrogens is 408 g/mol. The Morgan fingerprint density at radius 3 is 1.81 bits per heavy atom. The number of imide groups is 1. The van der Waals surface area contributed by atoms with E-state index in [1.165, 1.54) is 6.07 Å². The molecule has 9 heteroatoms. The molecule has 0 aromatic heterocycles. The maximum Gasteiger partial charge on any atom is 0.424 e. The van der Waals surface area contributed by atoms with Crippen molar-refractivity contribution in [3.63, 3.8) is 0 Å². The first-order valence-electron chi connectivity index (χ1n) is 7.83. The summed E-state index contributed by atoms with van der Waals surface area (Å²) in [6, 6.07) is 2.83. The molecule has 0 radical (unpaired) electrons. The summed E-state index contributed by atoms with van der Waals surface area (Å²) in [5.41, 5.74) is -1.91. The Morgan fingerprint density at radius 2 is 1.46 bits per heavy atom. The van der Waals surface area contributed by atoms with Crippen LogP contribution in [0.25, 0.3) is 0 Å². The molecular formula is C17H23BrN2O6. The highest BCUT2D eigenvalue weighted by Gasteiger charge is 2.38. The lowest BCUT2D eigenvalue weighted by molar-refractivity contribution is -0.384. The van der Waals surface area contributed by atoms with Gasteiger partial charge in [-0.3, -0.25) is 10.1 Å². The third-order valence-electron chi connectivity index (χ3n) is 2.76. The Balaban J connectivity index is 3.58. The summed E-state index contributed by atoms with van der Waals surface area (Å²) >= 11 is 3.20. The molecule has 0 N–H and O–H groups in total. The summed E-state index contributed by atoms with van der Waals surface area (Å²) < 4.78 is 10.7. The van der Waals surface area contributed by atoms with Gasteiger partial charge < -0.3 is 9.47 Å². The van der Waals surface area contributed by atoms with Crippen LogP contribution in [0.1, 0.15) is 47.1 Å². The normalized spacial score (nSPS) is 11.7. The van der Waals surface area contributed by atoms with E-state index in [1.807, 2.05) is 0 Å². The maximum absolute atomic E-state index is 12.7. The Morgan fingerprint density at radius 1 is 1.04 bits per heavy atom. The first kappa shape index (κ1) is 21.9. The minimum absolute atomic E-state index is 0.195. The molecule has 0 fully saturated rings. The SMILES string of the molecule is Cc1cc(Br)c(N(C(=O)OC(C)(C)C)C(=O)OC(C)(C)C)c([N+](=O)[O-])c1. The highest BCUT2D eigenvalue weighted by Crippen LogP contribution is 2.38. The van der Waals surface area contributed by atoms with E-state index < -0.39 is 34.0 Å². The summed E-state index contributed by atoms with van der Waals surface area (Å²) in [7, 11) is 0. The molecule has 8 nitrogen and oxygen atoms in total. The number of nitrogens with zero attached hydrogens (tertiary/aromatic N) is 2. The standard InChI is InChI=1S/C17H23BrN2O6/c1-10-8-11(18)13(12(9-10)20(23)24)19(14(21)25-16(2,3)4)15(22)26-17(5,6)7/h8-9H,1-7H3. The van der Waals surface area contributed by atoms with Crippen LogP contribution in [0.4, 0.5) is 21.0 Å². The summed E-state index contributed by atoms with van der Waals surface area (Å²) in [4.78, 5) is 36.7. The van der Waals surface area contributed by atoms with Crippen LogP contribution in [0.15, 0.2) is 16.6 Å². The number of carbonyl (C=O) groups is 2. The molecule has 0 bridgehead atoms. The fourth-order valence-electron chi connectivity index (χ4n) is 1.95. The van der Waals surface area contributed by atoms with Gasteiger partial charge in [-0.2, -0.15) is 4.90 Å². The van der Waals surface area contributed by atoms with E-state index in [1.54, 1.807) is 54.5 Å². The number of aryl methyl sites for hydroxylation is 1. The van der Waals surface area contributed by atoms with E-state index in [4.69, 9.17) is 9.47 Å². The van der Waals surface area contributed by atoms with Gasteiger partial charge in [0, 0.05) is 10.5 Å². The molecule has 0 saturated heterocycles. The number of halogens is 1. The summed E-state index contributed by atoms with van der Waals surface area (Å²) in [5, 5.41) is 11.5. The maximum atomic E-state index is 12.7. The van der Waals surface area contributed by atoms with Gasteiger partial charge >= 0.3 is 12.2 Å². The van der Waals surface area contributed by atoms with E-state index in [-0.39, 0.29) is 10.2 Å². The number of nitro benzene ring substituents is 1. The molecule has 0 atom stereocenters. The van der Waals surface area contributed by atoms with Gasteiger partial charge in [0.1, 0.15) is 11.2 Å². The highest BCUT2D eigenvalue weighted by atomic mass is 79.9. The Bertz CT molecular complexity index is 706. The molecule has 0 aliphatic carbocycles. The van der Waals surface area contributed by atoms with Crippen LogP contribution in [0, 0.1) is 17.0 Å². The minimum Gasteiger partial charge on any atom is -0.443 e. The van der Waals surface area contributed by atoms with Crippen LogP contribution in [-0.2, 0) is 9.47 Å². The number of ether oxygens (including phenoxy) is 2. The number of amides is 2. The van der Waals surface area contributed by atoms with Crippen LogP contribution in [0.2, 0.25) is 0 Å². The predicted octanol–water partition coefficient (Wildman–Crippen LogP) is 5.34. The molecule has 1 aromatic carbocycles. The summed E-state index contributed by atoms with van der Waals surface area (Å²) in [6.45, 7) is 11.4. The van der Waals surface area contributed by atoms with E-state index in [2.05, 4.69) is 15.9 Å². The van der Waals surface area contributed by atoms with Crippen molar-refractivity contribution in [2.24, 2.45) is 0 Å². The van der Waals surface area contributed by atoms with Gasteiger partial charge in [-0.25, -0.2) is 9.59 Å². The molecule has 0 saturated carbocycles. The second-order valence-corrected chi connectivity index (χ2v) is 8.52. The van der Waals surface area contributed by atoms with Gasteiger partial charge in [-0.05, 0) is 76.0 Å². The molecule has 0 unspecified atom stereocenters. The van der Waals surface area contributed by atoms with Crippen molar-refractivity contribution < 1.29 is 24.0 Å². The molecule has 0 aliphatic heterocycles. The van der Waals surface area contributed by atoms with Crippen molar-refractivity contribution >= 4 is 39.5 Å². The molecule has 0 heterocycles. The van der Waals surface area contributed by atoms with E-state index in [9.17, 15) is 19.7 Å². The van der Waals surface area contributed by atoms with Gasteiger partial charge in [0.25, 0.3) is 5.69 Å². The fourth-order valence-corrected chi connectivity index (χ4v) is 2.69. The number of nitro groups is 1. The van der Waals surface area contributed by atoms with Crippen LogP contribution < -0.4 is 4.90 Å². The second kappa shape index (κ2) is 7.61. The molecule has 26 heavy (non-hydrogen) atoms. The Kier molecular flexibility index (Phi) is 6.40. The molecule has 0 aliphatic rings. The van der Waals surface area contributed by atoms with Crippen LogP contribution >= 0.6 is 15.9 Å². The molecule has 2 amide bonds. The fraction of sp³-hybridized carbons (Fsp3) is 0.529. The van der Waals surface area contributed by atoms with Gasteiger partial charge in [-0.1, -0.05) is 0 Å². The number of hydrogen-bond donors (Lipinski definition) is 0. The first-order valence-corrected chi connectivity index (χ1v) is 8.62. The number of hydrogen-bond acceptors (Lipinski definition) is 6. The number of rotatable bonds is 2. The van der Waals surface area contributed by atoms with Crippen LogP contribution in [0.3, 0.4) is 0 Å². The van der Waals surface area contributed by atoms with Gasteiger partial charge in [0.2, 0.25) is 0 Å². The van der Waals surface area contributed by atoms with E-state index in [0.29, 0.717) is 10.5 Å². The molecule has 1 rings (SSSR count). The lowest BCUT2D eigenvalue weighted by Gasteiger charge is -2.28. The average Bonchev–Trinajstić information content (AvgIpc) is 2.36. The Hall–Kier alpha value is -2.16. The quantitative estimate of drug-likeness (QED) is 0.463. The highest BCUT2D eigenvalue weighted by molar-refractivity contribution is 9.10. The van der Waals surface area contributed by atoms with Gasteiger partial charge in [-0.15, -0.1) is 0 Å². The number of anilines is 1. The molecule has 1 aromatic rings. The number of carbonyl (C=O) groups excluding carboxylic acids is 2. The topological polar surface area (TPSA) is 99.0 Å².